The van der Waals surface area contributed by atoms with Gasteiger partial charge in [-0.25, -0.2) is 13.1 Å². The largest absolute Gasteiger partial charge is 0.496 e. The van der Waals surface area contributed by atoms with Crippen LogP contribution in [0.15, 0.2) is 23.1 Å². The second kappa shape index (κ2) is 5.80. The van der Waals surface area contributed by atoms with Crippen molar-refractivity contribution in [3.8, 4) is 5.75 Å². The summed E-state index contributed by atoms with van der Waals surface area (Å²) >= 11 is 0. The average molecular weight is 301 g/mol. The summed E-state index contributed by atoms with van der Waals surface area (Å²) in [5, 5.41) is 8.97. The van der Waals surface area contributed by atoms with Crippen LogP contribution in [-0.2, 0) is 14.8 Å². The van der Waals surface area contributed by atoms with Crippen LogP contribution >= 0.6 is 0 Å². The number of benzene rings is 1. The first-order chi connectivity index (χ1) is 9.10. The van der Waals surface area contributed by atoms with Gasteiger partial charge in [0.05, 0.1) is 17.4 Å². The Morgan fingerprint density at radius 2 is 2.00 bits per heavy atom. The summed E-state index contributed by atoms with van der Waals surface area (Å²) in [7, 11) is -2.24. The van der Waals surface area contributed by atoms with Crippen LogP contribution in [0.1, 0.15) is 19.4 Å². The van der Waals surface area contributed by atoms with Crippen molar-refractivity contribution in [1.82, 2.24) is 4.72 Å². The van der Waals surface area contributed by atoms with Crippen LogP contribution in [0, 0.1) is 12.3 Å². The Hall–Kier alpha value is -1.60. The highest BCUT2D eigenvalue weighted by Crippen LogP contribution is 2.22. The van der Waals surface area contributed by atoms with Crippen LogP contribution in [0.5, 0.6) is 5.75 Å². The highest BCUT2D eigenvalue weighted by Gasteiger charge is 2.29. The SMILES string of the molecule is COc1ccc(S(=O)(=O)NCC(C)(C)C(=O)O)cc1C. The van der Waals surface area contributed by atoms with Crippen LogP contribution in [0.25, 0.3) is 0 Å². The summed E-state index contributed by atoms with van der Waals surface area (Å²) < 4.78 is 31.6. The lowest BCUT2D eigenvalue weighted by Gasteiger charge is -2.19. The predicted molar refractivity (Wildman–Crippen MR) is 74.3 cm³/mol. The molecule has 0 saturated carbocycles. The summed E-state index contributed by atoms with van der Waals surface area (Å²) in [4.78, 5) is 11.0. The van der Waals surface area contributed by atoms with Gasteiger partial charge < -0.3 is 9.84 Å². The normalized spacial score (nSPS) is 12.2. The molecule has 0 fully saturated rings. The number of hydrogen-bond donors (Lipinski definition) is 2. The van der Waals surface area contributed by atoms with Gasteiger partial charge in [-0.1, -0.05) is 0 Å². The maximum absolute atomic E-state index is 12.1. The van der Waals surface area contributed by atoms with Crippen LogP contribution in [0.3, 0.4) is 0 Å². The first-order valence-corrected chi connectivity index (χ1v) is 7.46. The number of nitrogens with one attached hydrogen (secondary N) is 1. The molecule has 2 N–H and O–H groups in total. The molecule has 0 heterocycles. The second-order valence-corrected chi connectivity index (χ2v) is 6.91. The Kier molecular flexibility index (Phi) is 4.77. The molecule has 112 valence electrons. The third kappa shape index (κ3) is 3.71. The number of aliphatic carboxylic acids is 1. The Labute approximate surface area is 118 Å². The van der Waals surface area contributed by atoms with Gasteiger partial charge in [0.1, 0.15) is 5.75 Å². The minimum absolute atomic E-state index is 0.0805. The molecule has 0 spiro atoms. The number of ether oxygens (including phenoxy) is 1. The molecule has 7 heteroatoms. The zero-order valence-corrected chi connectivity index (χ0v) is 12.7. The topological polar surface area (TPSA) is 92.7 Å². The lowest BCUT2D eigenvalue weighted by Crippen LogP contribution is -2.38. The molecule has 1 rings (SSSR count). The van der Waals surface area contributed by atoms with Crippen LogP contribution < -0.4 is 9.46 Å². The van der Waals surface area contributed by atoms with Crippen molar-refractivity contribution in [3.05, 3.63) is 23.8 Å². The van der Waals surface area contributed by atoms with Crippen molar-refractivity contribution >= 4 is 16.0 Å². The minimum Gasteiger partial charge on any atom is -0.496 e. The molecule has 0 amide bonds. The molecule has 0 aliphatic rings. The Bertz CT molecular complexity index is 607. The number of carboxylic acids is 1. The first-order valence-electron chi connectivity index (χ1n) is 5.98. The fourth-order valence-electron chi connectivity index (χ4n) is 1.45. The van der Waals surface area contributed by atoms with Crippen LogP contribution in [-0.4, -0.2) is 33.1 Å². The Morgan fingerprint density at radius 1 is 1.40 bits per heavy atom. The molecule has 1 aromatic carbocycles. The maximum Gasteiger partial charge on any atom is 0.310 e. The van der Waals surface area contributed by atoms with Gasteiger partial charge in [0, 0.05) is 6.54 Å². The van der Waals surface area contributed by atoms with Gasteiger partial charge in [-0.05, 0) is 44.5 Å². The van der Waals surface area contributed by atoms with E-state index in [9.17, 15) is 13.2 Å². The summed E-state index contributed by atoms with van der Waals surface area (Å²) in [5.41, 5.74) is -0.484. The van der Waals surface area contributed by atoms with Gasteiger partial charge >= 0.3 is 5.97 Å². The molecular formula is C13H19NO5S. The maximum atomic E-state index is 12.1. The smallest absolute Gasteiger partial charge is 0.310 e. The zero-order chi connectivity index (χ0) is 15.6. The lowest BCUT2D eigenvalue weighted by molar-refractivity contribution is -0.146. The fourth-order valence-corrected chi connectivity index (χ4v) is 2.75. The van der Waals surface area contributed by atoms with Gasteiger partial charge in [0.2, 0.25) is 10.0 Å². The highest BCUT2D eigenvalue weighted by atomic mass is 32.2. The fraction of sp³-hybridized carbons (Fsp3) is 0.462. The minimum atomic E-state index is -3.74. The standard InChI is InChI=1S/C13H19NO5S/c1-9-7-10(5-6-11(9)19-4)20(17,18)14-8-13(2,3)12(15)16/h5-7,14H,8H2,1-4H3,(H,15,16). The number of methoxy groups -OCH3 is 1. The van der Waals surface area contributed by atoms with E-state index in [2.05, 4.69) is 4.72 Å². The Morgan fingerprint density at radius 3 is 2.45 bits per heavy atom. The molecule has 0 aromatic heterocycles. The van der Waals surface area contributed by atoms with Crippen molar-refractivity contribution in [2.45, 2.75) is 25.7 Å². The quantitative estimate of drug-likeness (QED) is 0.828. The number of rotatable bonds is 6. The molecule has 0 aliphatic heterocycles. The van der Waals surface area contributed by atoms with E-state index in [0.717, 1.165) is 0 Å². The molecular weight excluding hydrogens is 282 g/mol. The molecule has 0 radical (unpaired) electrons. The molecule has 6 nitrogen and oxygen atoms in total. The molecule has 0 aliphatic carbocycles. The number of carboxylic acid groups (broad SMARTS) is 1. The molecule has 0 bridgehead atoms. The summed E-state index contributed by atoms with van der Waals surface area (Å²) in [5.74, 6) is -0.471. The third-order valence-electron chi connectivity index (χ3n) is 2.96. The van der Waals surface area contributed by atoms with E-state index in [1.54, 1.807) is 13.0 Å². The van der Waals surface area contributed by atoms with E-state index in [4.69, 9.17) is 9.84 Å². The second-order valence-electron chi connectivity index (χ2n) is 5.15. The van der Waals surface area contributed by atoms with Crippen molar-refractivity contribution < 1.29 is 23.1 Å². The van der Waals surface area contributed by atoms with Gasteiger partial charge in [0.15, 0.2) is 0 Å². The molecule has 0 unspecified atom stereocenters. The highest BCUT2D eigenvalue weighted by molar-refractivity contribution is 7.89. The number of carbonyl (C=O) groups is 1. The van der Waals surface area contributed by atoms with Gasteiger partial charge in [-0.15, -0.1) is 0 Å². The lowest BCUT2D eigenvalue weighted by atomic mass is 9.95. The zero-order valence-electron chi connectivity index (χ0n) is 11.9. The van der Waals surface area contributed by atoms with Crippen LogP contribution in [0.2, 0.25) is 0 Å². The van der Waals surface area contributed by atoms with Crippen molar-refractivity contribution in [3.63, 3.8) is 0 Å². The van der Waals surface area contributed by atoms with E-state index < -0.39 is 21.4 Å². The van der Waals surface area contributed by atoms with Gasteiger partial charge in [0.25, 0.3) is 0 Å². The van der Waals surface area contributed by atoms with Crippen LogP contribution in [0.4, 0.5) is 0 Å². The molecule has 1 aromatic rings. The molecule has 20 heavy (non-hydrogen) atoms. The van der Waals surface area contributed by atoms with E-state index in [1.165, 1.54) is 33.1 Å². The summed E-state index contributed by atoms with van der Waals surface area (Å²) in [6.45, 7) is 4.46. The monoisotopic (exact) mass is 301 g/mol. The van der Waals surface area contributed by atoms with Crippen molar-refractivity contribution in [2.24, 2.45) is 5.41 Å². The third-order valence-corrected chi connectivity index (χ3v) is 4.36. The first kappa shape index (κ1) is 16.5. The van der Waals surface area contributed by atoms with E-state index in [0.29, 0.717) is 11.3 Å². The van der Waals surface area contributed by atoms with Gasteiger partial charge in [-0.3, -0.25) is 4.79 Å². The molecule has 0 atom stereocenters. The average Bonchev–Trinajstić information content (AvgIpc) is 2.36. The number of hydrogen-bond acceptors (Lipinski definition) is 4. The van der Waals surface area contributed by atoms with Crippen molar-refractivity contribution in [2.75, 3.05) is 13.7 Å². The summed E-state index contributed by atoms with van der Waals surface area (Å²) in [6, 6.07) is 4.46. The van der Waals surface area contributed by atoms with Crippen molar-refractivity contribution in [1.29, 1.82) is 0 Å². The summed E-state index contributed by atoms with van der Waals surface area (Å²) in [6.07, 6.45) is 0. The number of sulfonamides is 1. The van der Waals surface area contributed by atoms with E-state index in [-0.39, 0.29) is 11.4 Å². The predicted octanol–water partition coefficient (Wildman–Crippen LogP) is 1.39. The number of aryl methyl sites for hydroxylation is 1. The molecule has 0 saturated heterocycles. The van der Waals surface area contributed by atoms with E-state index >= 15 is 0 Å². The van der Waals surface area contributed by atoms with Gasteiger partial charge in [-0.2, -0.15) is 0 Å². The Balaban J connectivity index is 2.95. The van der Waals surface area contributed by atoms with E-state index in [1.807, 2.05) is 0 Å².